The molecule has 0 bridgehead atoms. The molecule has 0 amide bonds. The highest BCUT2D eigenvalue weighted by Gasteiger charge is 2.06. The van der Waals surface area contributed by atoms with E-state index in [1.165, 1.54) is 0 Å². The molecule has 0 aromatic heterocycles. The van der Waals surface area contributed by atoms with Gasteiger partial charge in [-0.1, -0.05) is 13.0 Å². The molecule has 0 heterocycles. The van der Waals surface area contributed by atoms with Gasteiger partial charge in [-0.2, -0.15) is 0 Å². The maximum Gasteiger partial charge on any atom is 0.338 e. The van der Waals surface area contributed by atoms with Crippen LogP contribution in [0.4, 0.5) is 5.69 Å². The fourth-order valence-electron chi connectivity index (χ4n) is 2.13. The number of ether oxygens (including phenoxy) is 2. The molecule has 0 radical (unpaired) electrons. The van der Waals surface area contributed by atoms with Crippen molar-refractivity contribution in [2.24, 2.45) is 0 Å². The zero-order chi connectivity index (χ0) is 17.4. The van der Waals surface area contributed by atoms with Gasteiger partial charge >= 0.3 is 5.97 Å². The lowest BCUT2D eigenvalue weighted by atomic mass is 10.2. The number of benzene rings is 2. The Hall–Kier alpha value is -2.01. The minimum absolute atomic E-state index is 0.296. The van der Waals surface area contributed by atoms with E-state index in [0.717, 1.165) is 27.9 Å². The standard InChI is InChI=1S/C19H22BrNO3/c1-3-11-24-18-10-5-14(12-17(18)20)13-21-16-8-6-15(7-9-16)19(22)23-4-2/h5-10,12,21H,3-4,11,13H2,1-2H3. The lowest BCUT2D eigenvalue weighted by Crippen LogP contribution is -2.05. The molecule has 4 nitrogen and oxygen atoms in total. The van der Waals surface area contributed by atoms with Crippen molar-refractivity contribution in [3.05, 3.63) is 58.1 Å². The Balaban J connectivity index is 1.93. The van der Waals surface area contributed by atoms with Gasteiger partial charge in [0, 0.05) is 12.2 Å². The molecule has 5 heteroatoms. The van der Waals surface area contributed by atoms with Crippen LogP contribution in [0.2, 0.25) is 0 Å². The number of hydrogen-bond acceptors (Lipinski definition) is 4. The van der Waals surface area contributed by atoms with Crippen molar-refractivity contribution in [2.75, 3.05) is 18.5 Å². The van der Waals surface area contributed by atoms with Crippen molar-refractivity contribution in [2.45, 2.75) is 26.8 Å². The number of halogens is 1. The molecule has 0 aliphatic heterocycles. The van der Waals surface area contributed by atoms with E-state index in [1.807, 2.05) is 30.3 Å². The first-order valence-corrected chi connectivity index (χ1v) is 8.85. The molecule has 24 heavy (non-hydrogen) atoms. The number of nitrogens with one attached hydrogen (secondary N) is 1. The number of rotatable bonds is 8. The van der Waals surface area contributed by atoms with E-state index in [0.29, 0.717) is 25.3 Å². The zero-order valence-electron chi connectivity index (χ0n) is 14.0. The van der Waals surface area contributed by atoms with Crippen LogP contribution < -0.4 is 10.1 Å². The van der Waals surface area contributed by atoms with Gasteiger partial charge in [0.1, 0.15) is 5.75 Å². The van der Waals surface area contributed by atoms with E-state index in [1.54, 1.807) is 19.1 Å². The molecule has 0 aliphatic carbocycles. The third-order valence-corrected chi connectivity index (χ3v) is 3.97. The predicted octanol–water partition coefficient (Wildman–Crippen LogP) is 5.03. The van der Waals surface area contributed by atoms with Gasteiger partial charge in [-0.25, -0.2) is 4.79 Å². The Kier molecular flexibility index (Phi) is 7.12. The molecule has 0 spiro atoms. The first-order valence-electron chi connectivity index (χ1n) is 8.06. The summed E-state index contributed by atoms with van der Waals surface area (Å²) < 4.78 is 11.6. The highest BCUT2D eigenvalue weighted by Crippen LogP contribution is 2.26. The van der Waals surface area contributed by atoms with Gasteiger partial charge in [0.15, 0.2) is 0 Å². The minimum atomic E-state index is -0.296. The van der Waals surface area contributed by atoms with Gasteiger partial charge in [0.25, 0.3) is 0 Å². The van der Waals surface area contributed by atoms with Crippen molar-refractivity contribution in [3.8, 4) is 5.75 Å². The predicted molar refractivity (Wildman–Crippen MR) is 99.7 cm³/mol. The summed E-state index contributed by atoms with van der Waals surface area (Å²) in [6, 6.07) is 13.3. The Labute approximate surface area is 151 Å². The van der Waals surface area contributed by atoms with E-state index in [2.05, 4.69) is 28.2 Å². The lowest BCUT2D eigenvalue weighted by Gasteiger charge is -2.11. The van der Waals surface area contributed by atoms with Gasteiger partial charge in [-0.3, -0.25) is 0 Å². The fraction of sp³-hybridized carbons (Fsp3) is 0.316. The zero-order valence-corrected chi connectivity index (χ0v) is 15.6. The van der Waals surface area contributed by atoms with Gasteiger partial charge < -0.3 is 14.8 Å². The minimum Gasteiger partial charge on any atom is -0.492 e. The van der Waals surface area contributed by atoms with Crippen LogP contribution in [-0.2, 0) is 11.3 Å². The molecule has 0 saturated heterocycles. The summed E-state index contributed by atoms with van der Waals surface area (Å²) in [6.07, 6.45) is 0.984. The van der Waals surface area contributed by atoms with E-state index < -0.39 is 0 Å². The molecular weight excluding hydrogens is 370 g/mol. The molecule has 2 aromatic rings. The lowest BCUT2D eigenvalue weighted by molar-refractivity contribution is 0.0526. The van der Waals surface area contributed by atoms with Gasteiger partial charge in [-0.15, -0.1) is 0 Å². The van der Waals surface area contributed by atoms with Crippen LogP contribution in [0.15, 0.2) is 46.9 Å². The number of hydrogen-bond donors (Lipinski definition) is 1. The normalized spacial score (nSPS) is 10.3. The molecule has 0 saturated carbocycles. The summed E-state index contributed by atoms with van der Waals surface area (Å²) in [5, 5.41) is 3.34. The highest BCUT2D eigenvalue weighted by atomic mass is 79.9. The second-order valence-corrected chi connectivity index (χ2v) is 6.12. The van der Waals surface area contributed by atoms with Crippen LogP contribution in [0.3, 0.4) is 0 Å². The van der Waals surface area contributed by atoms with Crippen molar-refractivity contribution in [1.29, 1.82) is 0 Å². The number of carbonyl (C=O) groups is 1. The largest absolute Gasteiger partial charge is 0.492 e. The number of anilines is 1. The Morgan fingerprint density at radius 2 is 1.88 bits per heavy atom. The average Bonchev–Trinajstić information content (AvgIpc) is 2.60. The van der Waals surface area contributed by atoms with Crippen molar-refractivity contribution in [1.82, 2.24) is 0 Å². The van der Waals surface area contributed by atoms with Crippen molar-refractivity contribution in [3.63, 3.8) is 0 Å². The van der Waals surface area contributed by atoms with Gasteiger partial charge in [0.05, 0.1) is 23.2 Å². The summed E-state index contributed by atoms with van der Waals surface area (Å²) in [4.78, 5) is 11.6. The summed E-state index contributed by atoms with van der Waals surface area (Å²) in [5.74, 6) is 0.565. The maximum atomic E-state index is 11.6. The maximum absolute atomic E-state index is 11.6. The molecule has 2 rings (SSSR count). The monoisotopic (exact) mass is 391 g/mol. The average molecular weight is 392 g/mol. The molecule has 2 aromatic carbocycles. The van der Waals surface area contributed by atoms with E-state index in [4.69, 9.17) is 9.47 Å². The van der Waals surface area contributed by atoms with Crippen LogP contribution in [0.25, 0.3) is 0 Å². The van der Waals surface area contributed by atoms with Crippen LogP contribution in [0.5, 0.6) is 5.75 Å². The SMILES string of the molecule is CCCOc1ccc(CNc2ccc(C(=O)OCC)cc2)cc1Br. The first-order chi connectivity index (χ1) is 11.6. The van der Waals surface area contributed by atoms with Crippen LogP contribution in [-0.4, -0.2) is 19.2 Å². The highest BCUT2D eigenvalue weighted by molar-refractivity contribution is 9.10. The molecular formula is C19H22BrNO3. The second-order valence-electron chi connectivity index (χ2n) is 5.26. The van der Waals surface area contributed by atoms with E-state index in [-0.39, 0.29) is 5.97 Å². The molecule has 128 valence electrons. The third-order valence-electron chi connectivity index (χ3n) is 3.35. The topological polar surface area (TPSA) is 47.6 Å². The Bertz CT molecular complexity index is 671. The third kappa shape index (κ3) is 5.27. The molecule has 0 fully saturated rings. The smallest absolute Gasteiger partial charge is 0.338 e. The van der Waals surface area contributed by atoms with Gasteiger partial charge in [0.2, 0.25) is 0 Å². The molecule has 0 unspecified atom stereocenters. The van der Waals surface area contributed by atoms with Crippen LogP contribution in [0, 0.1) is 0 Å². The van der Waals surface area contributed by atoms with Crippen LogP contribution in [0.1, 0.15) is 36.2 Å². The van der Waals surface area contributed by atoms with Crippen molar-refractivity contribution >= 4 is 27.6 Å². The quantitative estimate of drug-likeness (QED) is 0.641. The first kappa shape index (κ1) is 18.3. The summed E-state index contributed by atoms with van der Waals surface area (Å²) >= 11 is 3.54. The summed E-state index contributed by atoms with van der Waals surface area (Å²) in [5.41, 5.74) is 2.65. The molecule has 0 aliphatic rings. The summed E-state index contributed by atoms with van der Waals surface area (Å²) in [7, 11) is 0. The van der Waals surface area contributed by atoms with Crippen LogP contribution >= 0.6 is 15.9 Å². The Morgan fingerprint density at radius 1 is 1.12 bits per heavy atom. The van der Waals surface area contributed by atoms with Crippen molar-refractivity contribution < 1.29 is 14.3 Å². The Morgan fingerprint density at radius 3 is 2.50 bits per heavy atom. The number of esters is 1. The fourth-order valence-corrected chi connectivity index (χ4v) is 2.67. The molecule has 0 atom stereocenters. The summed E-state index contributed by atoms with van der Waals surface area (Å²) in [6.45, 7) is 5.66. The van der Waals surface area contributed by atoms with E-state index in [9.17, 15) is 4.79 Å². The van der Waals surface area contributed by atoms with Gasteiger partial charge in [-0.05, 0) is 71.2 Å². The number of carbonyl (C=O) groups excluding carboxylic acids is 1. The molecule has 1 N–H and O–H groups in total. The van der Waals surface area contributed by atoms with E-state index >= 15 is 0 Å². The second kappa shape index (κ2) is 9.33.